The normalized spacial score (nSPS) is 18.4. The van der Waals surface area contributed by atoms with Crippen LogP contribution in [0.1, 0.15) is 31.0 Å². The number of aryl methyl sites for hydroxylation is 1. The molecule has 1 aliphatic heterocycles. The van der Waals surface area contributed by atoms with Crippen molar-refractivity contribution in [2.24, 2.45) is 0 Å². The molecule has 3 aromatic rings. The summed E-state index contributed by atoms with van der Waals surface area (Å²) in [6.07, 6.45) is -1.74. The third-order valence-corrected chi connectivity index (χ3v) is 9.94. The number of rotatable bonds is 8. The van der Waals surface area contributed by atoms with Gasteiger partial charge in [-0.2, -0.15) is 0 Å². The molecule has 40 heavy (non-hydrogen) atoms. The summed E-state index contributed by atoms with van der Waals surface area (Å²) in [6, 6.07) is 14.7. The minimum atomic E-state index is -3.74. The van der Waals surface area contributed by atoms with E-state index >= 15 is 0 Å². The number of morpholine rings is 1. The van der Waals surface area contributed by atoms with Gasteiger partial charge >= 0.3 is 6.03 Å². The summed E-state index contributed by atoms with van der Waals surface area (Å²) in [4.78, 5) is 23.9. The minimum Gasteiger partial charge on any atom is -0.377 e. The zero-order chi connectivity index (χ0) is 28.5. The summed E-state index contributed by atoms with van der Waals surface area (Å²) in [7, 11) is -3.74. The van der Waals surface area contributed by atoms with E-state index in [0.717, 1.165) is 0 Å². The lowest BCUT2D eigenvalue weighted by atomic mass is 10.1. The third-order valence-electron chi connectivity index (χ3n) is 7.26. The van der Waals surface area contributed by atoms with E-state index in [1.165, 1.54) is 0 Å². The third kappa shape index (κ3) is 5.50. The molecule has 0 spiro atoms. The number of ether oxygens (including phenoxy) is 1. The molecule has 2 amide bonds. The molecule has 2 heterocycles. The molecule has 1 aliphatic carbocycles. The maximum Gasteiger partial charge on any atom is 0.319 e. The van der Waals surface area contributed by atoms with Crippen molar-refractivity contribution < 1.29 is 26.7 Å². The van der Waals surface area contributed by atoms with E-state index < -0.39 is 33.6 Å². The Morgan fingerprint density at radius 3 is 2.52 bits per heavy atom. The number of nitrogens with zero attached hydrogens (tertiary/aromatic N) is 3. The molecule has 0 bridgehead atoms. The lowest BCUT2D eigenvalue weighted by Crippen LogP contribution is -2.44. The topological polar surface area (TPSA) is 114 Å². The number of amides is 2. The fourth-order valence-corrected chi connectivity index (χ4v) is 7.09. The van der Waals surface area contributed by atoms with Crippen LogP contribution in [0.25, 0.3) is 11.4 Å². The maximum absolute atomic E-state index is 14.0. The highest BCUT2D eigenvalue weighted by Gasteiger charge is 2.58. The van der Waals surface area contributed by atoms with Crippen molar-refractivity contribution in [1.82, 2.24) is 15.3 Å². The van der Waals surface area contributed by atoms with E-state index in [4.69, 9.17) is 14.7 Å². The van der Waals surface area contributed by atoms with Gasteiger partial charge in [-0.05, 0) is 62.6 Å². The highest BCUT2D eigenvalue weighted by Crippen LogP contribution is 2.55. The Hall–Kier alpha value is -3.64. The summed E-state index contributed by atoms with van der Waals surface area (Å²) in [6.45, 7) is 4.72. The number of carbonyl (C=O) groups excluding carboxylic acids is 1. The van der Waals surface area contributed by atoms with E-state index in [9.17, 15) is 22.0 Å². The maximum atomic E-state index is 14.0. The first kappa shape index (κ1) is 27.9. The van der Waals surface area contributed by atoms with Crippen LogP contribution in [-0.4, -0.2) is 63.2 Å². The summed E-state index contributed by atoms with van der Waals surface area (Å²) in [5, 5.41) is 4.60. The standard InChI is InChI=1S/C28H31F2N5O4S/c1-18-5-3-4-6-22(18)40(37,38)28(11-12-28)23-15-25(35-13-14-39-17-19(35)2)34-26(33-23)20-7-9-21(10-8-20)32-27(36)31-16-24(29)30/h3-10,15,19,24H,11-14,16-17H2,1-2H3,(H2,31,32,36)/t19-/m0/s1. The quantitative estimate of drug-likeness (QED) is 0.409. The number of hydrogen-bond donors (Lipinski definition) is 2. The molecule has 1 aromatic heterocycles. The van der Waals surface area contributed by atoms with Crippen molar-refractivity contribution >= 4 is 27.4 Å². The van der Waals surface area contributed by atoms with E-state index in [-0.39, 0.29) is 6.04 Å². The second-order valence-electron chi connectivity index (χ2n) is 10.1. The second kappa shape index (κ2) is 11.1. The van der Waals surface area contributed by atoms with Gasteiger partial charge in [-0.3, -0.25) is 0 Å². The SMILES string of the molecule is Cc1ccccc1S(=O)(=O)C1(c2cc(N3CCOC[C@@H]3C)nc(-c3ccc(NC(=O)NCC(F)F)cc3)n2)CC1. The summed E-state index contributed by atoms with van der Waals surface area (Å²) >= 11 is 0. The number of hydrogen-bond acceptors (Lipinski definition) is 7. The molecule has 0 radical (unpaired) electrons. The zero-order valence-corrected chi connectivity index (χ0v) is 23.0. The van der Waals surface area contributed by atoms with Gasteiger partial charge in [0.25, 0.3) is 6.43 Å². The first-order valence-electron chi connectivity index (χ1n) is 13.1. The predicted molar refractivity (Wildman–Crippen MR) is 147 cm³/mol. The fourth-order valence-electron chi connectivity index (χ4n) is 4.90. The zero-order valence-electron chi connectivity index (χ0n) is 22.2. The monoisotopic (exact) mass is 571 g/mol. The number of halogens is 2. The van der Waals surface area contributed by atoms with Crippen molar-refractivity contribution in [3.8, 4) is 11.4 Å². The van der Waals surface area contributed by atoms with Crippen LogP contribution in [0.15, 0.2) is 59.5 Å². The Balaban J connectivity index is 1.52. The molecule has 5 rings (SSSR count). The Kier molecular flexibility index (Phi) is 7.74. The van der Waals surface area contributed by atoms with E-state index in [1.54, 1.807) is 55.5 Å². The molecule has 2 aromatic carbocycles. The lowest BCUT2D eigenvalue weighted by Gasteiger charge is -2.34. The van der Waals surface area contributed by atoms with Gasteiger partial charge in [-0.25, -0.2) is 32.0 Å². The number of benzene rings is 2. The van der Waals surface area contributed by atoms with Gasteiger partial charge in [-0.15, -0.1) is 0 Å². The highest BCUT2D eigenvalue weighted by molar-refractivity contribution is 7.92. The lowest BCUT2D eigenvalue weighted by molar-refractivity contribution is 0.0985. The van der Waals surface area contributed by atoms with E-state index in [0.29, 0.717) is 71.6 Å². The van der Waals surface area contributed by atoms with Crippen LogP contribution in [0.4, 0.5) is 25.1 Å². The van der Waals surface area contributed by atoms with Gasteiger partial charge in [0.1, 0.15) is 10.6 Å². The van der Waals surface area contributed by atoms with Crippen LogP contribution >= 0.6 is 0 Å². The minimum absolute atomic E-state index is 0.0332. The number of carbonyl (C=O) groups is 1. The molecule has 2 aliphatic rings. The Bertz CT molecular complexity index is 1500. The van der Waals surface area contributed by atoms with Crippen molar-refractivity contribution in [2.75, 3.05) is 36.5 Å². The molecular weight excluding hydrogens is 540 g/mol. The van der Waals surface area contributed by atoms with E-state index in [2.05, 4.69) is 15.5 Å². The van der Waals surface area contributed by atoms with Gasteiger partial charge in [0.05, 0.1) is 36.4 Å². The average Bonchev–Trinajstić information content (AvgIpc) is 3.76. The van der Waals surface area contributed by atoms with Crippen LogP contribution in [0.5, 0.6) is 0 Å². The molecule has 1 atom stereocenters. The van der Waals surface area contributed by atoms with Crippen molar-refractivity contribution in [1.29, 1.82) is 0 Å². The van der Waals surface area contributed by atoms with Gasteiger partial charge < -0.3 is 20.3 Å². The first-order chi connectivity index (χ1) is 19.1. The molecular formula is C28H31F2N5O4S. The molecule has 1 saturated carbocycles. The van der Waals surface area contributed by atoms with Crippen molar-refractivity contribution in [3.05, 3.63) is 65.9 Å². The Labute approximate surface area is 231 Å². The van der Waals surface area contributed by atoms with Gasteiger partial charge in [-0.1, -0.05) is 18.2 Å². The fraction of sp³-hybridized carbons (Fsp3) is 0.393. The number of anilines is 2. The first-order valence-corrected chi connectivity index (χ1v) is 14.6. The van der Waals surface area contributed by atoms with Crippen molar-refractivity contribution in [3.63, 3.8) is 0 Å². The molecule has 212 valence electrons. The molecule has 0 unspecified atom stereocenters. The summed E-state index contributed by atoms with van der Waals surface area (Å²) in [5.41, 5.74) is 2.15. The number of aromatic nitrogens is 2. The molecule has 1 saturated heterocycles. The Morgan fingerprint density at radius 1 is 1.15 bits per heavy atom. The predicted octanol–water partition coefficient (Wildman–Crippen LogP) is 4.53. The molecule has 2 N–H and O–H groups in total. The van der Waals surface area contributed by atoms with Crippen LogP contribution < -0.4 is 15.5 Å². The van der Waals surface area contributed by atoms with Crippen LogP contribution in [0.2, 0.25) is 0 Å². The molecule has 2 fully saturated rings. The summed E-state index contributed by atoms with van der Waals surface area (Å²) in [5.74, 6) is 0.974. The number of nitrogens with one attached hydrogen (secondary N) is 2. The van der Waals surface area contributed by atoms with Crippen molar-refractivity contribution in [2.45, 2.75) is 48.8 Å². The van der Waals surface area contributed by atoms with Crippen LogP contribution in [-0.2, 0) is 19.3 Å². The molecule has 9 nitrogen and oxygen atoms in total. The number of alkyl halides is 2. The molecule has 12 heteroatoms. The van der Waals surface area contributed by atoms with Gasteiger partial charge in [0, 0.05) is 23.9 Å². The second-order valence-corrected chi connectivity index (χ2v) is 12.3. The number of sulfone groups is 1. The highest BCUT2D eigenvalue weighted by atomic mass is 32.2. The summed E-state index contributed by atoms with van der Waals surface area (Å²) < 4.78 is 57.2. The van der Waals surface area contributed by atoms with Gasteiger partial charge in [0.2, 0.25) is 0 Å². The number of urea groups is 1. The van der Waals surface area contributed by atoms with Gasteiger partial charge in [0.15, 0.2) is 15.7 Å². The smallest absolute Gasteiger partial charge is 0.319 e. The van der Waals surface area contributed by atoms with E-state index in [1.807, 2.05) is 13.0 Å². The van der Waals surface area contributed by atoms with Crippen LogP contribution in [0.3, 0.4) is 0 Å². The Morgan fingerprint density at radius 2 is 1.88 bits per heavy atom. The largest absolute Gasteiger partial charge is 0.377 e. The van der Waals surface area contributed by atoms with Crippen LogP contribution in [0, 0.1) is 6.92 Å². The average molecular weight is 572 g/mol.